The quantitative estimate of drug-likeness (QED) is 0.180. The largest absolute Gasteiger partial charge is 0.493 e. The van der Waals surface area contributed by atoms with Crippen LogP contribution in [0.15, 0.2) is 60.9 Å². The number of ether oxygens (including phenoxy) is 4. The topological polar surface area (TPSA) is 81.2 Å². The minimum Gasteiger partial charge on any atom is -0.493 e. The maximum atomic E-state index is 13.6. The number of nitrogens with zero attached hydrogens (tertiary/aromatic N) is 4. The number of rotatable bonds is 12. The van der Waals surface area contributed by atoms with Crippen molar-refractivity contribution >= 4 is 34.0 Å². The van der Waals surface area contributed by atoms with Crippen LogP contribution in [0.4, 0.5) is 15.9 Å². The number of aromatic nitrogens is 2. The lowest BCUT2D eigenvalue weighted by atomic mass is 10.1. The number of likely N-dealkylation sites (tertiary alicyclic amines) is 1. The first kappa shape index (κ1) is 31.3. The van der Waals surface area contributed by atoms with Crippen molar-refractivity contribution in [3.05, 3.63) is 77.3 Å². The third-order valence-electron chi connectivity index (χ3n) is 8.10. The standard InChI is InChI=1S/C34H39ClFN5O4/c1-40-11-8-27(9-12-40)45-32-21-28(43-15-3-10-41-13-16-42-17-14-41)20-30-33(32)34(38-23-37-30)39-26-6-7-31(29(35)19-26)44-22-24-4-2-5-25(36)18-24/h2,4-7,18-21,23,27H,3,8-17,22H2,1H3,(H,37,38,39). The zero-order chi connectivity index (χ0) is 31.0. The lowest BCUT2D eigenvalue weighted by molar-refractivity contribution is 0.0358. The maximum Gasteiger partial charge on any atom is 0.145 e. The summed E-state index contributed by atoms with van der Waals surface area (Å²) >= 11 is 6.59. The second kappa shape index (κ2) is 15.1. The van der Waals surface area contributed by atoms with Crippen LogP contribution in [-0.4, -0.2) is 85.5 Å². The van der Waals surface area contributed by atoms with E-state index in [1.807, 2.05) is 18.2 Å². The van der Waals surface area contributed by atoms with Gasteiger partial charge in [0.25, 0.3) is 0 Å². The van der Waals surface area contributed by atoms with Gasteiger partial charge in [-0.05, 0) is 62.2 Å². The second-order valence-electron chi connectivity index (χ2n) is 11.5. The van der Waals surface area contributed by atoms with Gasteiger partial charge in [0, 0.05) is 50.5 Å². The molecule has 11 heteroatoms. The smallest absolute Gasteiger partial charge is 0.145 e. The second-order valence-corrected chi connectivity index (χ2v) is 11.9. The summed E-state index contributed by atoms with van der Waals surface area (Å²) in [6, 6.07) is 15.6. The van der Waals surface area contributed by atoms with E-state index >= 15 is 0 Å². The SMILES string of the molecule is CN1CCC(Oc2cc(OCCCN3CCOCC3)cc3ncnc(Nc4ccc(OCc5cccc(F)c5)c(Cl)c4)c23)CC1. The number of hydrogen-bond acceptors (Lipinski definition) is 9. The minimum absolute atomic E-state index is 0.0815. The molecule has 2 aliphatic heterocycles. The van der Waals surface area contributed by atoms with E-state index in [2.05, 4.69) is 32.1 Å². The van der Waals surface area contributed by atoms with Crippen molar-refractivity contribution in [1.82, 2.24) is 19.8 Å². The number of fused-ring (bicyclic) bond motifs is 1. The fourth-order valence-corrected chi connectivity index (χ4v) is 5.84. The molecule has 0 spiro atoms. The molecule has 1 N–H and O–H groups in total. The lowest BCUT2D eigenvalue weighted by Gasteiger charge is -2.30. The van der Waals surface area contributed by atoms with Crippen molar-refractivity contribution in [1.29, 1.82) is 0 Å². The van der Waals surface area contributed by atoms with E-state index in [1.165, 1.54) is 18.5 Å². The fourth-order valence-electron chi connectivity index (χ4n) is 5.61. The average molecular weight is 636 g/mol. The van der Waals surface area contributed by atoms with Crippen molar-refractivity contribution in [3.8, 4) is 17.2 Å². The van der Waals surface area contributed by atoms with Crippen LogP contribution in [0.5, 0.6) is 17.2 Å². The first-order chi connectivity index (χ1) is 22.0. The summed E-state index contributed by atoms with van der Waals surface area (Å²) in [5.74, 6) is 2.21. The summed E-state index contributed by atoms with van der Waals surface area (Å²) in [7, 11) is 2.13. The summed E-state index contributed by atoms with van der Waals surface area (Å²) in [5.41, 5.74) is 2.17. The Balaban J connectivity index is 1.19. The van der Waals surface area contributed by atoms with Gasteiger partial charge in [-0.2, -0.15) is 0 Å². The van der Waals surface area contributed by atoms with E-state index in [4.69, 9.17) is 30.5 Å². The van der Waals surface area contributed by atoms with Crippen LogP contribution in [0.25, 0.3) is 10.9 Å². The Morgan fingerprint density at radius 1 is 0.978 bits per heavy atom. The predicted molar refractivity (Wildman–Crippen MR) is 174 cm³/mol. The minimum atomic E-state index is -0.305. The van der Waals surface area contributed by atoms with E-state index in [0.717, 1.165) is 93.1 Å². The molecule has 45 heavy (non-hydrogen) atoms. The number of benzene rings is 3. The van der Waals surface area contributed by atoms with Gasteiger partial charge >= 0.3 is 0 Å². The number of nitrogens with one attached hydrogen (secondary N) is 1. The first-order valence-electron chi connectivity index (χ1n) is 15.5. The fraction of sp³-hybridized carbons (Fsp3) is 0.412. The molecule has 2 saturated heterocycles. The Morgan fingerprint density at radius 3 is 2.62 bits per heavy atom. The summed E-state index contributed by atoms with van der Waals surface area (Å²) < 4.78 is 37.7. The highest BCUT2D eigenvalue weighted by Crippen LogP contribution is 2.38. The summed E-state index contributed by atoms with van der Waals surface area (Å²) in [5, 5.41) is 4.60. The highest BCUT2D eigenvalue weighted by molar-refractivity contribution is 6.32. The molecule has 6 rings (SSSR count). The van der Waals surface area contributed by atoms with E-state index in [-0.39, 0.29) is 18.5 Å². The van der Waals surface area contributed by atoms with Crippen LogP contribution in [-0.2, 0) is 11.3 Å². The van der Waals surface area contributed by atoms with Gasteiger partial charge < -0.3 is 29.2 Å². The van der Waals surface area contributed by atoms with Crippen molar-refractivity contribution in [3.63, 3.8) is 0 Å². The Hall–Kier alpha value is -3.70. The molecule has 4 aromatic rings. The molecule has 0 amide bonds. The Kier molecular flexibility index (Phi) is 10.5. The third kappa shape index (κ3) is 8.52. The van der Waals surface area contributed by atoms with Crippen LogP contribution in [0, 0.1) is 5.82 Å². The van der Waals surface area contributed by atoms with Gasteiger partial charge in [0.2, 0.25) is 0 Å². The lowest BCUT2D eigenvalue weighted by Crippen LogP contribution is -2.37. The highest BCUT2D eigenvalue weighted by atomic mass is 35.5. The monoisotopic (exact) mass is 635 g/mol. The molecule has 0 aliphatic carbocycles. The number of anilines is 2. The molecule has 0 bridgehead atoms. The molecule has 238 valence electrons. The van der Waals surface area contributed by atoms with Gasteiger partial charge in [0.15, 0.2) is 0 Å². The average Bonchev–Trinajstić information content (AvgIpc) is 3.04. The first-order valence-corrected chi connectivity index (χ1v) is 15.9. The molecule has 0 atom stereocenters. The van der Waals surface area contributed by atoms with Crippen molar-refractivity contribution in [2.75, 3.05) is 64.9 Å². The molecule has 2 fully saturated rings. The molecule has 1 aromatic heterocycles. The molecule has 0 saturated carbocycles. The summed E-state index contributed by atoms with van der Waals surface area (Å²) in [4.78, 5) is 13.9. The van der Waals surface area contributed by atoms with Crippen LogP contribution in [0.1, 0.15) is 24.8 Å². The predicted octanol–water partition coefficient (Wildman–Crippen LogP) is 6.32. The van der Waals surface area contributed by atoms with E-state index in [1.54, 1.807) is 24.3 Å². The highest BCUT2D eigenvalue weighted by Gasteiger charge is 2.22. The zero-order valence-electron chi connectivity index (χ0n) is 25.5. The van der Waals surface area contributed by atoms with Crippen LogP contribution >= 0.6 is 11.6 Å². The van der Waals surface area contributed by atoms with E-state index in [0.29, 0.717) is 28.9 Å². The summed E-state index contributed by atoms with van der Waals surface area (Å²) in [6.07, 6.45) is 4.41. The molecular formula is C34H39ClFN5O4. The molecular weight excluding hydrogens is 597 g/mol. The van der Waals surface area contributed by atoms with E-state index < -0.39 is 0 Å². The number of hydrogen-bond donors (Lipinski definition) is 1. The molecule has 0 unspecified atom stereocenters. The van der Waals surface area contributed by atoms with Gasteiger partial charge in [0.05, 0.1) is 35.7 Å². The van der Waals surface area contributed by atoms with Gasteiger partial charge in [-0.3, -0.25) is 4.90 Å². The van der Waals surface area contributed by atoms with Crippen LogP contribution < -0.4 is 19.5 Å². The zero-order valence-corrected chi connectivity index (χ0v) is 26.3. The van der Waals surface area contributed by atoms with Crippen molar-refractivity contribution < 1.29 is 23.3 Å². The Labute approximate surface area is 268 Å². The number of piperidine rings is 1. The van der Waals surface area contributed by atoms with Crippen molar-refractivity contribution in [2.24, 2.45) is 0 Å². The van der Waals surface area contributed by atoms with Gasteiger partial charge in [-0.1, -0.05) is 23.7 Å². The van der Waals surface area contributed by atoms with E-state index in [9.17, 15) is 4.39 Å². The number of halogens is 2. The molecule has 0 radical (unpaired) electrons. The number of morpholine rings is 1. The van der Waals surface area contributed by atoms with Gasteiger partial charge in [0.1, 0.15) is 47.9 Å². The van der Waals surface area contributed by atoms with Crippen LogP contribution in [0.3, 0.4) is 0 Å². The molecule has 9 nitrogen and oxygen atoms in total. The summed E-state index contributed by atoms with van der Waals surface area (Å²) in [6.45, 7) is 7.25. The Bertz CT molecular complexity index is 1580. The Morgan fingerprint density at radius 2 is 1.82 bits per heavy atom. The normalized spacial score (nSPS) is 16.5. The molecule has 2 aliphatic rings. The van der Waals surface area contributed by atoms with Gasteiger partial charge in [-0.15, -0.1) is 0 Å². The maximum absolute atomic E-state index is 13.6. The third-order valence-corrected chi connectivity index (χ3v) is 8.40. The molecule has 3 aromatic carbocycles. The van der Waals surface area contributed by atoms with Crippen LogP contribution in [0.2, 0.25) is 5.02 Å². The molecule has 3 heterocycles. The van der Waals surface area contributed by atoms with Gasteiger partial charge in [-0.25, -0.2) is 14.4 Å². The van der Waals surface area contributed by atoms with Crippen molar-refractivity contribution in [2.45, 2.75) is 32.0 Å².